The van der Waals surface area contributed by atoms with E-state index in [1.807, 2.05) is 18.4 Å². The summed E-state index contributed by atoms with van der Waals surface area (Å²) in [5.74, 6) is -1.39. The van der Waals surface area contributed by atoms with Crippen molar-refractivity contribution in [2.24, 2.45) is 0 Å². The molecule has 0 bridgehead atoms. The number of amides is 1. The lowest BCUT2D eigenvalue weighted by Crippen LogP contribution is -2.43. The molecular weight excluding hydrogens is 309 g/mol. The molecule has 0 aromatic heterocycles. The van der Waals surface area contributed by atoms with Gasteiger partial charge >= 0.3 is 5.97 Å². The predicted molar refractivity (Wildman–Crippen MR) is 81.0 cm³/mol. The molecule has 2 unspecified atom stereocenters. The Morgan fingerprint density at radius 3 is 2.55 bits per heavy atom. The maximum atomic E-state index is 14.0. The van der Waals surface area contributed by atoms with Crippen LogP contribution in [-0.2, 0) is 9.59 Å². The number of hydrogen-bond donors (Lipinski definition) is 1. The van der Waals surface area contributed by atoms with Gasteiger partial charge in [-0.2, -0.15) is 0 Å². The average Bonchev–Trinajstić information content (AvgIpc) is 2.91. The third-order valence-corrected chi connectivity index (χ3v) is 4.38. The number of likely N-dealkylation sites (tertiary alicyclic amines) is 1. The van der Waals surface area contributed by atoms with E-state index in [4.69, 9.17) is 9.84 Å². The first kappa shape index (κ1) is 16.6. The third-order valence-electron chi connectivity index (χ3n) is 3.63. The van der Waals surface area contributed by atoms with Gasteiger partial charge in [0.25, 0.3) is 5.91 Å². The average molecular weight is 327 g/mol. The SMILES string of the molecule is CSc1ccc(OC(C)C(=O)N2CCC(F)(C(=O)O)C2)cc1. The van der Waals surface area contributed by atoms with Crippen LogP contribution in [-0.4, -0.2) is 53.0 Å². The van der Waals surface area contributed by atoms with E-state index in [-0.39, 0.29) is 13.0 Å². The van der Waals surface area contributed by atoms with Crippen molar-refractivity contribution in [3.05, 3.63) is 24.3 Å². The molecular formula is C15H18FNO4S. The summed E-state index contributed by atoms with van der Waals surface area (Å²) >= 11 is 1.60. The van der Waals surface area contributed by atoms with E-state index >= 15 is 0 Å². The van der Waals surface area contributed by atoms with Gasteiger partial charge in [-0.25, -0.2) is 9.18 Å². The summed E-state index contributed by atoms with van der Waals surface area (Å²) in [5, 5.41) is 8.85. The first-order chi connectivity index (χ1) is 10.4. The maximum absolute atomic E-state index is 14.0. The zero-order valence-electron chi connectivity index (χ0n) is 12.4. The Balaban J connectivity index is 1.96. The highest BCUT2D eigenvalue weighted by atomic mass is 32.2. The van der Waals surface area contributed by atoms with Crippen LogP contribution in [0.5, 0.6) is 5.75 Å². The fourth-order valence-electron chi connectivity index (χ4n) is 2.30. The van der Waals surface area contributed by atoms with E-state index in [1.54, 1.807) is 30.8 Å². The molecule has 5 nitrogen and oxygen atoms in total. The Morgan fingerprint density at radius 1 is 1.41 bits per heavy atom. The highest BCUT2D eigenvalue weighted by Crippen LogP contribution is 2.27. The summed E-state index contributed by atoms with van der Waals surface area (Å²) in [6, 6.07) is 7.28. The van der Waals surface area contributed by atoms with E-state index in [1.165, 1.54) is 4.90 Å². The first-order valence-electron chi connectivity index (χ1n) is 6.87. The topological polar surface area (TPSA) is 66.8 Å². The molecule has 0 spiro atoms. The number of halogens is 1. The normalized spacial score (nSPS) is 22.4. The molecule has 0 radical (unpaired) electrons. The van der Waals surface area contributed by atoms with Crippen LogP contribution in [0.1, 0.15) is 13.3 Å². The van der Waals surface area contributed by atoms with Gasteiger partial charge < -0.3 is 14.7 Å². The zero-order chi connectivity index (χ0) is 16.3. The lowest BCUT2D eigenvalue weighted by atomic mass is 10.1. The van der Waals surface area contributed by atoms with Gasteiger partial charge in [0.1, 0.15) is 5.75 Å². The summed E-state index contributed by atoms with van der Waals surface area (Å²) < 4.78 is 19.5. The molecule has 1 amide bonds. The molecule has 22 heavy (non-hydrogen) atoms. The highest BCUT2D eigenvalue weighted by Gasteiger charge is 2.47. The van der Waals surface area contributed by atoms with E-state index in [2.05, 4.69) is 0 Å². The number of carbonyl (C=O) groups excluding carboxylic acids is 1. The number of nitrogens with zero attached hydrogens (tertiary/aromatic N) is 1. The van der Waals surface area contributed by atoms with Crippen molar-refractivity contribution < 1.29 is 23.8 Å². The van der Waals surface area contributed by atoms with E-state index in [0.29, 0.717) is 5.75 Å². The molecule has 0 saturated carbocycles. The second kappa shape index (κ2) is 6.56. The van der Waals surface area contributed by atoms with Crippen molar-refractivity contribution in [2.75, 3.05) is 19.3 Å². The van der Waals surface area contributed by atoms with Gasteiger partial charge in [0, 0.05) is 17.9 Å². The number of carbonyl (C=O) groups is 2. The van der Waals surface area contributed by atoms with E-state index < -0.39 is 30.2 Å². The Labute approximate surface area is 132 Å². The molecule has 7 heteroatoms. The number of thioether (sulfide) groups is 1. The number of ether oxygens (including phenoxy) is 1. The molecule has 2 rings (SSSR count). The van der Waals surface area contributed by atoms with Crippen LogP contribution in [0, 0.1) is 0 Å². The van der Waals surface area contributed by atoms with Crippen LogP contribution >= 0.6 is 11.8 Å². The number of alkyl halides is 1. The van der Waals surface area contributed by atoms with Crippen LogP contribution in [0.2, 0.25) is 0 Å². The zero-order valence-corrected chi connectivity index (χ0v) is 13.2. The molecule has 1 heterocycles. The minimum absolute atomic E-state index is 0.0841. The number of aliphatic carboxylic acids is 1. The summed E-state index contributed by atoms with van der Waals surface area (Å²) in [4.78, 5) is 25.4. The van der Waals surface area contributed by atoms with Crippen molar-refractivity contribution in [3.63, 3.8) is 0 Å². The monoisotopic (exact) mass is 327 g/mol. The van der Waals surface area contributed by atoms with Gasteiger partial charge in [0.15, 0.2) is 6.10 Å². The number of hydrogen-bond acceptors (Lipinski definition) is 4. The standard InChI is InChI=1S/C15H18FNO4S/c1-10(21-11-3-5-12(22-2)6-4-11)13(18)17-8-7-15(16,9-17)14(19)20/h3-6,10H,7-9H2,1-2H3,(H,19,20). The first-order valence-corrected chi connectivity index (χ1v) is 8.10. The molecule has 1 aromatic carbocycles. The van der Waals surface area contributed by atoms with Crippen molar-refractivity contribution >= 4 is 23.6 Å². The van der Waals surface area contributed by atoms with Crippen LogP contribution in [0.3, 0.4) is 0 Å². The summed E-state index contributed by atoms with van der Waals surface area (Å²) in [6.07, 6.45) is 0.973. The fraction of sp³-hybridized carbons (Fsp3) is 0.467. The molecule has 1 aliphatic rings. The van der Waals surface area contributed by atoms with Gasteiger partial charge in [-0.15, -0.1) is 11.8 Å². The minimum atomic E-state index is -2.35. The Morgan fingerprint density at radius 2 is 2.05 bits per heavy atom. The quantitative estimate of drug-likeness (QED) is 0.840. The van der Waals surface area contributed by atoms with E-state index in [0.717, 1.165) is 4.90 Å². The van der Waals surface area contributed by atoms with Gasteiger partial charge in [0.05, 0.1) is 6.54 Å². The summed E-state index contributed by atoms with van der Waals surface area (Å²) in [7, 11) is 0. The molecule has 1 aromatic rings. The minimum Gasteiger partial charge on any atom is -0.481 e. The van der Waals surface area contributed by atoms with Crippen LogP contribution in [0.15, 0.2) is 29.2 Å². The van der Waals surface area contributed by atoms with Crippen LogP contribution in [0.25, 0.3) is 0 Å². The Kier molecular flexibility index (Phi) is 4.95. The second-order valence-electron chi connectivity index (χ2n) is 5.22. The Hall–Kier alpha value is -1.76. The lowest BCUT2D eigenvalue weighted by molar-refractivity contribution is -0.150. The smallest absolute Gasteiger partial charge is 0.343 e. The van der Waals surface area contributed by atoms with Crippen molar-refractivity contribution in [1.82, 2.24) is 4.90 Å². The largest absolute Gasteiger partial charge is 0.481 e. The predicted octanol–water partition coefficient (Wildman–Crippen LogP) is 2.20. The summed E-state index contributed by atoms with van der Waals surface area (Å²) in [6.45, 7) is 1.23. The summed E-state index contributed by atoms with van der Waals surface area (Å²) in [5.41, 5.74) is -2.35. The van der Waals surface area contributed by atoms with Crippen molar-refractivity contribution in [3.8, 4) is 5.75 Å². The van der Waals surface area contributed by atoms with Crippen molar-refractivity contribution in [2.45, 2.75) is 30.0 Å². The van der Waals surface area contributed by atoms with Gasteiger partial charge in [-0.1, -0.05) is 0 Å². The number of carboxylic acid groups (broad SMARTS) is 1. The lowest BCUT2D eigenvalue weighted by Gasteiger charge is -2.22. The second-order valence-corrected chi connectivity index (χ2v) is 6.10. The van der Waals surface area contributed by atoms with Crippen molar-refractivity contribution in [1.29, 1.82) is 0 Å². The molecule has 0 aliphatic carbocycles. The molecule has 1 fully saturated rings. The van der Waals surface area contributed by atoms with Gasteiger partial charge in [0.2, 0.25) is 5.67 Å². The number of rotatable bonds is 5. The molecule has 120 valence electrons. The highest BCUT2D eigenvalue weighted by molar-refractivity contribution is 7.98. The molecule has 1 saturated heterocycles. The molecule has 2 atom stereocenters. The number of benzene rings is 1. The fourth-order valence-corrected chi connectivity index (χ4v) is 2.71. The molecule has 1 N–H and O–H groups in total. The molecule has 1 aliphatic heterocycles. The van der Waals surface area contributed by atoms with Gasteiger partial charge in [-0.05, 0) is 37.4 Å². The third kappa shape index (κ3) is 3.52. The maximum Gasteiger partial charge on any atom is 0.343 e. The van der Waals surface area contributed by atoms with Crippen LogP contribution < -0.4 is 4.74 Å². The van der Waals surface area contributed by atoms with Gasteiger partial charge in [-0.3, -0.25) is 4.79 Å². The Bertz CT molecular complexity index is 565. The van der Waals surface area contributed by atoms with E-state index in [9.17, 15) is 14.0 Å². The number of carboxylic acids is 1. The van der Waals surface area contributed by atoms with Crippen LogP contribution in [0.4, 0.5) is 4.39 Å².